The lowest BCUT2D eigenvalue weighted by Crippen LogP contribution is -2.62. The third-order valence-corrected chi connectivity index (χ3v) is 7.52. The Hall–Kier alpha value is -2.09. The fourth-order valence-corrected chi connectivity index (χ4v) is 4.91. The number of aliphatic hydroxyl groups is 1. The third kappa shape index (κ3) is 4.63. The third-order valence-electron chi connectivity index (χ3n) is 7.52. The summed E-state index contributed by atoms with van der Waals surface area (Å²) in [6.07, 6.45) is -3.09. The zero-order chi connectivity index (χ0) is 24.8. The number of benzene rings is 1. The number of nitrogens with zero attached hydrogens (tertiary/aromatic N) is 2. The molecule has 1 heterocycles. The van der Waals surface area contributed by atoms with Crippen LogP contribution >= 0.6 is 0 Å². The lowest BCUT2D eigenvalue weighted by molar-refractivity contribution is -0.318. The van der Waals surface area contributed by atoms with Crippen LogP contribution in [-0.2, 0) is 4.79 Å². The highest BCUT2D eigenvalue weighted by molar-refractivity contribution is 5.93. The summed E-state index contributed by atoms with van der Waals surface area (Å²) in [6.45, 7) is 11.2. The van der Waals surface area contributed by atoms with Crippen molar-refractivity contribution in [1.29, 1.82) is 0 Å². The zero-order valence-electron chi connectivity index (χ0n) is 20.3. The standard InChI is InChI=1S/C25H35F3N2O3/c1-7-23(5,6)17-9-11-20-19(13-17)24(32,25(26,27)28)30(29-20)22(31)14-33-21-12-16(4)8-10-18(21)15(2)3/h8,10,12,15,17,19,32H,7,9,11,13-14H2,1-6H3/t17-,19-,24-/m1/s1. The maximum Gasteiger partial charge on any atom is 0.439 e. The average Bonchev–Trinajstić information content (AvgIpc) is 3.05. The normalized spacial score (nSPS) is 25.8. The van der Waals surface area contributed by atoms with Crippen LogP contribution in [0.4, 0.5) is 13.2 Å². The van der Waals surface area contributed by atoms with Crippen LogP contribution in [0.15, 0.2) is 23.3 Å². The number of carbonyl (C=O) groups excluding carboxylic acids is 1. The van der Waals surface area contributed by atoms with Gasteiger partial charge in [0.1, 0.15) is 5.75 Å². The summed E-state index contributed by atoms with van der Waals surface area (Å²) in [7, 11) is 0. The fraction of sp³-hybridized carbons (Fsp3) is 0.680. The van der Waals surface area contributed by atoms with Crippen molar-refractivity contribution in [3.8, 4) is 5.75 Å². The molecule has 3 rings (SSSR count). The number of halogens is 3. The van der Waals surface area contributed by atoms with Crippen LogP contribution in [0, 0.1) is 24.2 Å². The molecule has 0 saturated heterocycles. The van der Waals surface area contributed by atoms with Gasteiger partial charge in [0.15, 0.2) is 6.61 Å². The number of hydrogen-bond donors (Lipinski definition) is 1. The summed E-state index contributed by atoms with van der Waals surface area (Å²) in [5.41, 5.74) is -1.53. The van der Waals surface area contributed by atoms with Gasteiger partial charge in [-0.25, -0.2) is 0 Å². The highest BCUT2D eigenvalue weighted by atomic mass is 19.4. The topological polar surface area (TPSA) is 62.1 Å². The Bertz CT molecular complexity index is 926. The minimum atomic E-state index is -5.05. The second-order valence-electron chi connectivity index (χ2n) is 10.4. The first-order chi connectivity index (χ1) is 15.2. The highest BCUT2D eigenvalue weighted by Gasteiger charge is 2.69. The number of rotatable bonds is 6. The molecule has 2 aliphatic rings. The van der Waals surface area contributed by atoms with Crippen molar-refractivity contribution in [1.82, 2.24) is 5.01 Å². The van der Waals surface area contributed by atoms with Gasteiger partial charge in [-0.1, -0.05) is 53.2 Å². The molecule has 0 aromatic heterocycles. The van der Waals surface area contributed by atoms with Crippen LogP contribution in [-0.4, -0.2) is 40.2 Å². The second-order valence-corrected chi connectivity index (χ2v) is 10.4. The molecule has 1 N–H and O–H groups in total. The van der Waals surface area contributed by atoms with E-state index < -0.39 is 30.3 Å². The van der Waals surface area contributed by atoms with E-state index in [1.165, 1.54) is 0 Å². The Morgan fingerprint density at radius 2 is 2.00 bits per heavy atom. The molecular formula is C25H35F3N2O3. The van der Waals surface area contributed by atoms with Crippen LogP contribution in [0.25, 0.3) is 0 Å². The van der Waals surface area contributed by atoms with E-state index in [9.17, 15) is 23.1 Å². The van der Waals surface area contributed by atoms with Gasteiger partial charge in [0, 0.05) is 5.71 Å². The quantitative estimate of drug-likeness (QED) is 0.574. The minimum Gasteiger partial charge on any atom is -0.483 e. The van der Waals surface area contributed by atoms with Crippen molar-refractivity contribution in [3.63, 3.8) is 0 Å². The fourth-order valence-electron chi connectivity index (χ4n) is 4.91. The van der Waals surface area contributed by atoms with Crippen molar-refractivity contribution in [2.45, 2.75) is 85.0 Å². The van der Waals surface area contributed by atoms with Crippen LogP contribution < -0.4 is 4.74 Å². The molecule has 0 radical (unpaired) electrons. The molecule has 1 saturated carbocycles. The van der Waals surface area contributed by atoms with E-state index in [0.29, 0.717) is 18.6 Å². The first-order valence-corrected chi connectivity index (χ1v) is 11.6. The molecule has 1 fully saturated rings. The number of hydrazone groups is 1. The minimum absolute atomic E-state index is 0.00692. The Kier molecular flexibility index (Phi) is 6.91. The van der Waals surface area contributed by atoms with Gasteiger partial charge < -0.3 is 9.84 Å². The van der Waals surface area contributed by atoms with E-state index in [4.69, 9.17) is 4.74 Å². The van der Waals surface area contributed by atoms with Crippen LogP contribution in [0.3, 0.4) is 0 Å². The molecule has 1 amide bonds. The summed E-state index contributed by atoms with van der Waals surface area (Å²) in [5.74, 6) is -1.73. The van der Waals surface area contributed by atoms with Crippen LogP contribution in [0.1, 0.15) is 77.3 Å². The number of carbonyl (C=O) groups is 1. The summed E-state index contributed by atoms with van der Waals surface area (Å²) in [6, 6.07) is 5.55. The van der Waals surface area contributed by atoms with Gasteiger partial charge in [0.05, 0.1) is 5.92 Å². The number of alkyl halides is 3. The van der Waals surface area contributed by atoms with Crippen molar-refractivity contribution < 1.29 is 27.8 Å². The molecule has 33 heavy (non-hydrogen) atoms. The molecule has 8 heteroatoms. The highest BCUT2D eigenvalue weighted by Crippen LogP contribution is 2.52. The number of aryl methyl sites for hydroxylation is 1. The van der Waals surface area contributed by atoms with Gasteiger partial charge >= 0.3 is 6.18 Å². The van der Waals surface area contributed by atoms with Gasteiger partial charge in [-0.2, -0.15) is 23.3 Å². The number of amides is 1. The lowest BCUT2D eigenvalue weighted by Gasteiger charge is -2.43. The molecule has 0 bridgehead atoms. The molecule has 3 atom stereocenters. The maximum atomic E-state index is 14.3. The molecule has 1 aromatic rings. The first kappa shape index (κ1) is 25.5. The second kappa shape index (κ2) is 8.93. The maximum absolute atomic E-state index is 14.3. The molecule has 1 aromatic carbocycles. The molecular weight excluding hydrogens is 433 g/mol. The van der Waals surface area contributed by atoms with Crippen LogP contribution in [0.2, 0.25) is 0 Å². The summed E-state index contributed by atoms with van der Waals surface area (Å²) in [4.78, 5) is 13.0. The van der Waals surface area contributed by atoms with Gasteiger partial charge in [-0.3, -0.25) is 4.79 Å². The average molecular weight is 469 g/mol. The van der Waals surface area contributed by atoms with E-state index in [1.807, 2.05) is 53.7 Å². The Morgan fingerprint density at radius 3 is 2.58 bits per heavy atom. The Labute approximate surface area is 194 Å². The van der Waals surface area contributed by atoms with Crippen LogP contribution in [0.5, 0.6) is 5.75 Å². The molecule has 1 aliphatic heterocycles. The number of hydrogen-bond acceptors (Lipinski definition) is 4. The first-order valence-electron chi connectivity index (χ1n) is 11.6. The zero-order valence-corrected chi connectivity index (χ0v) is 20.3. The van der Waals surface area contributed by atoms with Gasteiger partial charge in [0.2, 0.25) is 0 Å². The number of fused-ring (bicyclic) bond motifs is 1. The molecule has 5 nitrogen and oxygen atoms in total. The predicted molar refractivity (Wildman–Crippen MR) is 121 cm³/mol. The summed E-state index contributed by atoms with van der Waals surface area (Å²) in [5, 5.41) is 15.2. The monoisotopic (exact) mass is 468 g/mol. The Morgan fingerprint density at radius 1 is 1.33 bits per heavy atom. The van der Waals surface area contributed by atoms with Crippen molar-refractivity contribution in [2.24, 2.45) is 22.4 Å². The Balaban J connectivity index is 1.86. The van der Waals surface area contributed by atoms with Crippen molar-refractivity contribution >= 4 is 11.6 Å². The molecule has 0 unspecified atom stereocenters. The lowest BCUT2D eigenvalue weighted by atomic mass is 9.64. The smallest absolute Gasteiger partial charge is 0.439 e. The van der Waals surface area contributed by atoms with Gasteiger partial charge in [-0.05, 0) is 60.6 Å². The van der Waals surface area contributed by atoms with Gasteiger partial charge in [-0.15, -0.1) is 0 Å². The van der Waals surface area contributed by atoms with E-state index in [2.05, 4.69) is 5.10 Å². The summed E-state index contributed by atoms with van der Waals surface area (Å²) < 4.78 is 48.4. The van der Waals surface area contributed by atoms with Crippen molar-refractivity contribution in [2.75, 3.05) is 6.61 Å². The molecule has 1 aliphatic carbocycles. The largest absolute Gasteiger partial charge is 0.483 e. The molecule has 0 spiro atoms. The van der Waals surface area contributed by atoms with Crippen molar-refractivity contribution in [3.05, 3.63) is 29.3 Å². The van der Waals surface area contributed by atoms with E-state index >= 15 is 0 Å². The van der Waals surface area contributed by atoms with Gasteiger partial charge in [0.25, 0.3) is 11.6 Å². The van der Waals surface area contributed by atoms with E-state index in [1.54, 1.807) is 6.07 Å². The number of ether oxygens (including phenoxy) is 1. The predicted octanol–water partition coefficient (Wildman–Crippen LogP) is 5.80. The molecule has 184 valence electrons. The van der Waals surface area contributed by atoms with E-state index in [-0.39, 0.29) is 34.4 Å². The SMILES string of the molecule is CCC(C)(C)[C@@H]1CCC2=NN(C(=O)COc3cc(C)ccc3C(C)C)[C@](O)(C(F)(F)F)[C@@H]2C1. The van der Waals surface area contributed by atoms with E-state index in [0.717, 1.165) is 17.5 Å². The summed E-state index contributed by atoms with van der Waals surface area (Å²) >= 11 is 0.